The number of imide groups is 1. The number of carbonyl (C=O) groups excluding carboxylic acids is 2. The summed E-state index contributed by atoms with van der Waals surface area (Å²) in [6.45, 7) is 0. The predicted molar refractivity (Wildman–Crippen MR) is 56.5 cm³/mol. The number of carbonyl (C=O) groups is 3. The molecule has 1 aliphatic heterocycles. The second-order valence-electron chi connectivity index (χ2n) is 3.77. The van der Waals surface area contributed by atoms with Gasteiger partial charge in [0.05, 0.1) is 0 Å². The summed E-state index contributed by atoms with van der Waals surface area (Å²) in [7, 11) is 0. The van der Waals surface area contributed by atoms with Gasteiger partial charge in [-0.1, -0.05) is 0 Å². The van der Waals surface area contributed by atoms with E-state index in [4.69, 9.17) is 5.11 Å². The van der Waals surface area contributed by atoms with Crippen LogP contribution in [-0.2, 0) is 9.59 Å². The van der Waals surface area contributed by atoms with Gasteiger partial charge in [-0.2, -0.15) is 5.10 Å². The zero-order valence-electron chi connectivity index (χ0n) is 8.97. The van der Waals surface area contributed by atoms with Gasteiger partial charge in [0.25, 0.3) is 0 Å². The molecule has 2 N–H and O–H groups in total. The van der Waals surface area contributed by atoms with Gasteiger partial charge in [-0.3, -0.25) is 14.7 Å². The maximum absolute atomic E-state index is 11.7. The van der Waals surface area contributed by atoms with Crippen molar-refractivity contribution >= 4 is 23.6 Å². The van der Waals surface area contributed by atoms with E-state index in [0.29, 0.717) is 12.8 Å². The summed E-state index contributed by atoms with van der Waals surface area (Å²) in [6.07, 6.45) is 1.89. The number of aromatic carboxylic acids is 1. The number of nitrogens with zero attached hydrogens (tertiary/aromatic N) is 2. The summed E-state index contributed by atoms with van der Waals surface area (Å²) in [6, 6.07) is 1.18. The Bertz CT molecular complexity index is 462. The van der Waals surface area contributed by atoms with E-state index in [-0.39, 0.29) is 36.2 Å². The summed E-state index contributed by atoms with van der Waals surface area (Å²) in [5.74, 6) is -1.80. The first-order chi connectivity index (χ1) is 8.09. The van der Waals surface area contributed by atoms with Gasteiger partial charge >= 0.3 is 5.97 Å². The van der Waals surface area contributed by atoms with Crippen LogP contribution in [0.15, 0.2) is 6.07 Å². The minimum absolute atomic E-state index is 0.0549. The second-order valence-corrected chi connectivity index (χ2v) is 3.77. The number of nitrogens with one attached hydrogen (secondary N) is 1. The third-order valence-electron chi connectivity index (χ3n) is 2.55. The molecule has 0 unspecified atom stereocenters. The number of hydrogen-bond acceptors (Lipinski definition) is 4. The molecule has 7 heteroatoms. The summed E-state index contributed by atoms with van der Waals surface area (Å²) in [5, 5.41) is 14.7. The first-order valence-electron chi connectivity index (χ1n) is 5.24. The molecule has 1 aromatic heterocycles. The summed E-state index contributed by atoms with van der Waals surface area (Å²) < 4.78 is 0. The number of H-pyrrole nitrogens is 1. The summed E-state index contributed by atoms with van der Waals surface area (Å²) >= 11 is 0. The standard InChI is InChI=1S/C10H11N3O4/c14-8-3-1-2-4-9(15)13(8)7-5-6(10(16)17)11-12-7/h5H,1-4H2,(H,11,12)(H,16,17). The Hall–Kier alpha value is -2.18. The fraction of sp³-hybridized carbons (Fsp3) is 0.400. The third kappa shape index (κ3) is 2.17. The number of aromatic nitrogens is 2. The van der Waals surface area contributed by atoms with Crippen LogP contribution in [0.5, 0.6) is 0 Å². The van der Waals surface area contributed by atoms with Crippen LogP contribution in [-0.4, -0.2) is 33.1 Å². The highest BCUT2D eigenvalue weighted by atomic mass is 16.4. The summed E-state index contributed by atoms with van der Waals surface area (Å²) in [4.78, 5) is 35.0. The molecule has 0 bridgehead atoms. The van der Waals surface area contributed by atoms with Crippen LogP contribution in [0.25, 0.3) is 0 Å². The van der Waals surface area contributed by atoms with Crippen molar-refractivity contribution in [2.24, 2.45) is 0 Å². The Morgan fingerprint density at radius 1 is 1.29 bits per heavy atom. The van der Waals surface area contributed by atoms with Crippen LogP contribution in [0.1, 0.15) is 36.2 Å². The highest BCUT2D eigenvalue weighted by Crippen LogP contribution is 2.20. The van der Waals surface area contributed by atoms with Gasteiger partial charge in [0, 0.05) is 18.9 Å². The maximum atomic E-state index is 11.7. The Morgan fingerprint density at radius 3 is 2.35 bits per heavy atom. The molecular formula is C10H11N3O4. The van der Waals surface area contributed by atoms with Crippen molar-refractivity contribution in [3.8, 4) is 0 Å². The number of amides is 2. The lowest BCUT2D eigenvalue weighted by atomic mass is 10.2. The van der Waals surface area contributed by atoms with E-state index in [0.717, 1.165) is 4.90 Å². The lowest BCUT2D eigenvalue weighted by Gasteiger charge is -2.14. The van der Waals surface area contributed by atoms with E-state index in [1.54, 1.807) is 0 Å². The molecule has 2 rings (SSSR count). The summed E-state index contributed by atoms with van der Waals surface area (Å²) in [5.41, 5.74) is -0.148. The van der Waals surface area contributed by atoms with Gasteiger partial charge in [-0.15, -0.1) is 0 Å². The van der Waals surface area contributed by atoms with E-state index in [1.165, 1.54) is 6.07 Å². The lowest BCUT2D eigenvalue weighted by molar-refractivity contribution is -0.125. The molecule has 0 radical (unpaired) electrons. The van der Waals surface area contributed by atoms with E-state index in [2.05, 4.69) is 10.2 Å². The minimum Gasteiger partial charge on any atom is -0.477 e. The van der Waals surface area contributed by atoms with Crippen LogP contribution < -0.4 is 4.90 Å². The van der Waals surface area contributed by atoms with Gasteiger partial charge in [-0.25, -0.2) is 9.69 Å². The number of rotatable bonds is 2. The topological polar surface area (TPSA) is 103 Å². The fourth-order valence-corrected chi connectivity index (χ4v) is 1.71. The zero-order chi connectivity index (χ0) is 12.4. The molecule has 0 atom stereocenters. The highest BCUT2D eigenvalue weighted by Gasteiger charge is 2.28. The lowest BCUT2D eigenvalue weighted by Crippen LogP contribution is -2.35. The second kappa shape index (κ2) is 4.36. The monoisotopic (exact) mass is 237 g/mol. The van der Waals surface area contributed by atoms with Crippen molar-refractivity contribution in [2.75, 3.05) is 4.90 Å². The van der Waals surface area contributed by atoms with Crippen molar-refractivity contribution in [2.45, 2.75) is 25.7 Å². The smallest absolute Gasteiger partial charge is 0.353 e. The molecule has 1 fully saturated rings. The predicted octanol–water partition coefficient (Wildman–Crippen LogP) is 0.542. The Balaban J connectivity index is 2.31. The van der Waals surface area contributed by atoms with Crippen LogP contribution in [0.2, 0.25) is 0 Å². The molecule has 1 saturated heterocycles. The van der Waals surface area contributed by atoms with Gasteiger partial charge in [0.1, 0.15) is 5.69 Å². The normalized spacial score (nSPS) is 17.1. The molecular weight excluding hydrogens is 226 g/mol. The molecule has 0 aliphatic carbocycles. The number of aromatic amines is 1. The van der Waals surface area contributed by atoms with Crippen molar-refractivity contribution in [1.29, 1.82) is 0 Å². The van der Waals surface area contributed by atoms with E-state index < -0.39 is 5.97 Å². The van der Waals surface area contributed by atoms with Crippen LogP contribution in [0, 0.1) is 0 Å². The Morgan fingerprint density at radius 2 is 1.88 bits per heavy atom. The average molecular weight is 237 g/mol. The zero-order valence-corrected chi connectivity index (χ0v) is 8.97. The molecule has 0 spiro atoms. The van der Waals surface area contributed by atoms with Gasteiger partial charge < -0.3 is 5.11 Å². The molecule has 0 saturated carbocycles. The number of hydrogen-bond donors (Lipinski definition) is 2. The van der Waals surface area contributed by atoms with Gasteiger partial charge in [0.15, 0.2) is 5.82 Å². The van der Waals surface area contributed by atoms with Crippen molar-refractivity contribution in [3.05, 3.63) is 11.8 Å². The average Bonchev–Trinajstić information content (AvgIpc) is 2.68. The van der Waals surface area contributed by atoms with Crippen LogP contribution >= 0.6 is 0 Å². The van der Waals surface area contributed by atoms with Crippen molar-refractivity contribution in [3.63, 3.8) is 0 Å². The van der Waals surface area contributed by atoms with E-state index in [1.807, 2.05) is 0 Å². The Kier molecular flexibility index (Phi) is 2.90. The number of anilines is 1. The molecule has 1 aromatic rings. The van der Waals surface area contributed by atoms with Gasteiger partial charge in [-0.05, 0) is 12.8 Å². The SMILES string of the molecule is O=C(O)c1cc(N2C(=O)CCCCC2=O)n[nH]1. The molecule has 2 heterocycles. The maximum Gasteiger partial charge on any atom is 0.353 e. The molecule has 7 nitrogen and oxygen atoms in total. The van der Waals surface area contributed by atoms with Crippen LogP contribution in [0.4, 0.5) is 5.82 Å². The van der Waals surface area contributed by atoms with E-state index in [9.17, 15) is 14.4 Å². The quantitative estimate of drug-likeness (QED) is 0.730. The molecule has 0 aromatic carbocycles. The molecule has 90 valence electrons. The molecule has 17 heavy (non-hydrogen) atoms. The van der Waals surface area contributed by atoms with Gasteiger partial charge in [0.2, 0.25) is 11.8 Å². The van der Waals surface area contributed by atoms with E-state index >= 15 is 0 Å². The first-order valence-corrected chi connectivity index (χ1v) is 5.24. The largest absolute Gasteiger partial charge is 0.477 e. The molecule has 1 aliphatic rings. The van der Waals surface area contributed by atoms with Crippen LogP contribution in [0.3, 0.4) is 0 Å². The fourth-order valence-electron chi connectivity index (χ4n) is 1.71. The first kappa shape index (κ1) is 11.3. The third-order valence-corrected chi connectivity index (χ3v) is 2.55. The van der Waals surface area contributed by atoms with Crippen molar-refractivity contribution < 1.29 is 19.5 Å². The molecule has 2 amide bonds. The highest BCUT2D eigenvalue weighted by molar-refractivity contribution is 6.14. The Labute approximate surface area is 96.4 Å². The number of carboxylic acids is 1. The van der Waals surface area contributed by atoms with Crippen molar-refractivity contribution in [1.82, 2.24) is 10.2 Å². The minimum atomic E-state index is -1.18. The number of carboxylic acid groups (broad SMARTS) is 1.